The fourth-order valence-electron chi connectivity index (χ4n) is 2.70. The Morgan fingerprint density at radius 2 is 1.96 bits per heavy atom. The van der Waals surface area contributed by atoms with Gasteiger partial charge in [-0.05, 0) is 30.7 Å². The predicted molar refractivity (Wildman–Crippen MR) is 89.1 cm³/mol. The maximum atomic E-state index is 12.5. The van der Waals surface area contributed by atoms with Crippen LogP contribution in [0.15, 0.2) is 36.4 Å². The van der Waals surface area contributed by atoms with E-state index in [2.05, 4.69) is 5.32 Å². The highest BCUT2D eigenvalue weighted by atomic mass is 35.5. The lowest BCUT2D eigenvalue weighted by atomic mass is 9.87. The molecule has 0 saturated carbocycles. The molecule has 0 spiro atoms. The number of Topliss-reactive ketones (excluding diaryl/α,β-unsaturated/α-hetero) is 1. The Hall–Kier alpha value is -1.88. The van der Waals surface area contributed by atoms with Gasteiger partial charge in [0, 0.05) is 11.1 Å². The zero-order chi connectivity index (χ0) is 16.8. The number of hydrogen-bond donors (Lipinski definition) is 2. The molecule has 0 aliphatic carbocycles. The second kappa shape index (κ2) is 5.64. The minimum absolute atomic E-state index is 0.247. The predicted octanol–water partition coefficient (Wildman–Crippen LogP) is 3.71. The van der Waals surface area contributed by atoms with Crippen molar-refractivity contribution in [1.82, 2.24) is 0 Å². The van der Waals surface area contributed by atoms with Gasteiger partial charge in [-0.3, -0.25) is 9.59 Å². The molecule has 1 heterocycles. The Balaban J connectivity index is 1.96. The SMILES string of the molecule is Cc1cccc2c1NC(=O)[C@@]2(O)CC(=O)c1ccc(Cl)c(Cl)c1. The minimum Gasteiger partial charge on any atom is -0.375 e. The molecular weight excluding hydrogens is 337 g/mol. The molecular formula is C17H13Cl2NO3. The molecule has 1 aliphatic rings. The van der Waals surface area contributed by atoms with Crippen molar-refractivity contribution in [3.63, 3.8) is 0 Å². The first-order valence-corrected chi connectivity index (χ1v) is 7.70. The standard InChI is InChI=1S/C17H13Cl2NO3/c1-9-3-2-4-11-15(9)20-16(22)17(11,23)8-14(21)10-5-6-12(18)13(19)7-10/h2-7,23H,8H2,1H3,(H,20,22)/t17-/m1/s1. The van der Waals surface area contributed by atoms with E-state index < -0.39 is 17.3 Å². The van der Waals surface area contributed by atoms with E-state index in [9.17, 15) is 14.7 Å². The van der Waals surface area contributed by atoms with Crippen molar-refractivity contribution < 1.29 is 14.7 Å². The van der Waals surface area contributed by atoms with Gasteiger partial charge in [0.15, 0.2) is 11.4 Å². The van der Waals surface area contributed by atoms with Gasteiger partial charge in [-0.25, -0.2) is 0 Å². The molecule has 3 rings (SSSR count). The third kappa shape index (κ3) is 2.63. The minimum atomic E-state index is -1.88. The number of para-hydroxylation sites is 1. The van der Waals surface area contributed by atoms with Crippen LogP contribution in [0.2, 0.25) is 10.0 Å². The monoisotopic (exact) mass is 349 g/mol. The van der Waals surface area contributed by atoms with Crippen molar-refractivity contribution in [2.75, 3.05) is 5.32 Å². The van der Waals surface area contributed by atoms with E-state index in [0.29, 0.717) is 21.8 Å². The first-order chi connectivity index (χ1) is 10.8. The molecule has 0 fully saturated rings. The number of hydrogen-bond acceptors (Lipinski definition) is 3. The fraction of sp³-hybridized carbons (Fsp3) is 0.176. The maximum absolute atomic E-state index is 12.5. The first kappa shape index (κ1) is 16.0. The van der Waals surface area contributed by atoms with Crippen LogP contribution in [0, 0.1) is 6.92 Å². The lowest BCUT2D eigenvalue weighted by molar-refractivity contribution is -0.133. The average molecular weight is 350 g/mol. The Kier molecular flexibility index (Phi) is 3.92. The van der Waals surface area contributed by atoms with Crippen LogP contribution in [0.25, 0.3) is 0 Å². The lowest BCUT2D eigenvalue weighted by Crippen LogP contribution is -2.36. The lowest BCUT2D eigenvalue weighted by Gasteiger charge is -2.20. The number of benzene rings is 2. The van der Waals surface area contributed by atoms with E-state index in [0.717, 1.165) is 5.56 Å². The second-order valence-corrected chi connectivity index (χ2v) is 6.36. The van der Waals surface area contributed by atoms with Gasteiger partial charge < -0.3 is 10.4 Å². The Morgan fingerprint density at radius 3 is 2.65 bits per heavy atom. The summed E-state index contributed by atoms with van der Waals surface area (Å²) in [5.74, 6) is -0.995. The molecule has 2 N–H and O–H groups in total. The largest absolute Gasteiger partial charge is 0.375 e. The number of aryl methyl sites for hydroxylation is 1. The molecule has 2 aromatic carbocycles. The molecule has 1 atom stereocenters. The summed E-state index contributed by atoms with van der Waals surface area (Å²) in [4.78, 5) is 24.7. The number of carbonyl (C=O) groups is 2. The van der Waals surface area contributed by atoms with Crippen LogP contribution in [0.3, 0.4) is 0 Å². The average Bonchev–Trinajstić information content (AvgIpc) is 2.75. The van der Waals surface area contributed by atoms with E-state index in [1.54, 1.807) is 12.1 Å². The number of ketones is 1. The highest BCUT2D eigenvalue weighted by Gasteiger charge is 2.47. The van der Waals surface area contributed by atoms with Gasteiger partial charge in [0.05, 0.1) is 22.2 Å². The number of rotatable bonds is 3. The van der Waals surface area contributed by atoms with E-state index in [-0.39, 0.29) is 11.4 Å². The summed E-state index contributed by atoms with van der Waals surface area (Å²) in [5, 5.41) is 14.0. The number of fused-ring (bicyclic) bond motifs is 1. The molecule has 118 valence electrons. The maximum Gasteiger partial charge on any atom is 0.261 e. The van der Waals surface area contributed by atoms with Crippen molar-refractivity contribution in [2.24, 2.45) is 0 Å². The summed E-state index contributed by atoms with van der Waals surface area (Å²) >= 11 is 11.7. The quantitative estimate of drug-likeness (QED) is 0.830. The highest BCUT2D eigenvalue weighted by molar-refractivity contribution is 6.42. The van der Waals surface area contributed by atoms with E-state index in [1.807, 2.05) is 13.0 Å². The molecule has 0 aromatic heterocycles. The molecule has 6 heteroatoms. The van der Waals surface area contributed by atoms with Crippen LogP contribution in [0.4, 0.5) is 5.69 Å². The van der Waals surface area contributed by atoms with Gasteiger partial charge in [-0.2, -0.15) is 0 Å². The normalized spacial score (nSPS) is 19.4. The fourth-order valence-corrected chi connectivity index (χ4v) is 3.00. The van der Waals surface area contributed by atoms with E-state index in [1.165, 1.54) is 18.2 Å². The molecule has 0 unspecified atom stereocenters. The molecule has 0 radical (unpaired) electrons. The van der Waals surface area contributed by atoms with Crippen molar-refractivity contribution in [2.45, 2.75) is 18.9 Å². The summed E-state index contributed by atoms with van der Waals surface area (Å²) in [6.45, 7) is 1.83. The molecule has 1 aliphatic heterocycles. The molecule has 23 heavy (non-hydrogen) atoms. The van der Waals surface area contributed by atoms with Gasteiger partial charge in [0.1, 0.15) is 0 Å². The molecule has 4 nitrogen and oxygen atoms in total. The molecule has 1 amide bonds. The van der Waals surface area contributed by atoms with Crippen LogP contribution < -0.4 is 5.32 Å². The highest BCUT2D eigenvalue weighted by Crippen LogP contribution is 2.40. The zero-order valence-corrected chi connectivity index (χ0v) is 13.7. The molecule has 0 saturated heterocycles. The number of halogens is 2. The van der Waals surface area contributed by atoms with E-state index >= 15 is 0 Å². The van der Waals surface area contributed by atoms with Crippen LogP contribution in [0.5, 0.6) is 0 Å². The summed E-state index contributed by atoms with van der Waals surface area (Å²) in [6, 6.07) is 9.66. The number of nitrogens with one attached hydrogen (secondary N) is 1. The van der Waals surface area contributed by atoms with Gasteiger partial charge in [-0.1, -0.05) is 41.4 Å². The van der Waals surface area contributed by atoms with Crippen LogP contribution in [-0.4, -0.2) is 16.8 Å². The summed E-state index contributed by atoms with van der Waals surface area (Å²) < 4.78 is 0. The first-order valence-electron chi connectivity index (χ1n) is 6.95. The van der Waals surface area contributed by atoms with Crippen molar-refractivity contribution in [3.8, 4) is 0 Å². The summed E-state index contributed by atoms with van der Waals surface area (Å²) in [5.41, 5.74) is 0.207. The molecule has 0 bridgehead atoms. The Bertz CT molecular complexity index is 835. The van der Waals surface area contributed by atoms with Gasteiger partial charge in [0.2, 0.25) is 0 Å². The van der Waals surface area contributed by atoms with Crippen LogP contribution in [-0.2, 0) is 10.4 Å². The van der Waals surface area contributed by atoms with Gasteiger partial charge in [-0.15, -0.1) is 0 Å². The number of carbonyl (C=O) groups excluding carboxylic acids is 2. The zero-order valence-electron chi connectivity index (χ0n) is 12.2. The Labute approximate surface area is 143 Å². The number of amides is 1. The number of aliphatic hydroxyl groups is 1. The van der Waals surface area contributed by atoms with Crippen LogP contribution in [0.1, 0.15) is 27.9 Å². The topological polar surface area (TPSA) is 66.4 Å². The van der Waals surface area contributed by atoms with Crippen LogP contribution >= 0.6 is 23.2 Å². The third-order valence-electron chi connectivity index (χ3n) is 3.99. The van der Waals surface area contributed by atoms with Crippen molar-refractivity contribution in [3.05, 3.63) is 63.1 Å². The Morgan fingerprint density at radius 1 is 1.22 bits per heavy atom. The van der Waals surface area contributed by atoms with Gasteiger partial charge in [0.25, 0.3) is 5.91 Å². The number of anilines is 1. The van der Waals surface area contributed by atoms with Crippen molar-refractivity contribution in [1.29, 1.82) is 0 Å². The molecule has 2 aromatic rings. The third-order valence-corrected chi connectivity index (χ3v) is 4.73. The summed E-state index contributed by atoms with van der Waals surface area (Å²) in [7, 11) is 0. The van der Waals surface area contributed by atoms with E-state index in [4.69, 9.17) is 23.2 Å². The summed E-state index contributed by atoms with van der Waals surface area (Å²) in [6.07, 6.45) is -0.368. The van der Waals surface area contributed by atoms with Gasteiger partial charge >= 0.3 is 0 Å². The van der Waals surface area contributed by atoms with Crippen molar-refractivity contribution >= 4 is 40.6 Å². The second-order valence-electron chi connectivity index (χ2n) is 5.54. The smallest absolute Gasteiger partial charge is 0.261 e.